The molecule has 1 aromatic rings. The highest BCUT2D eigenvalue weighted by Gasteiger charge is 2.35. The van der Waals surface area contributed by atoms with E-state index >= 15 is 0 Å². The first-order chi connectivity index (χ1) is 8.42. The number of hydrogen-bond acceptors (Lipinski definition) is 3. The Balaban J connectivity index is 1.41. The fourth-order valence-electron chi connectivity index (χ4n) is 2.94. The van der Waals surface area contributed by atoms with Crippen LogP contribution in [-0.2, 0) is 0 Å². The summed E-state index contributed by atoms with van der Waals surface area (Å²) in [4.78, 5) is 4.04. The molecule has 0 spiro atoms. The maximum atomic E-state index is 3.49. The molecule has 1 aromatic carbocycles. The quantitative estimate of drug-likeness (QED) is 0.820. The Labute approximate surface area is 108 Å². The number of benzene rings is 1. The van der Waals surface area contributed by atoms with Gasteiger partial charge < -0.3 is 10.2 Å². The van der Waals surface area contributed by atoms with Gasteiger partial charge >= 0.3 is 0 Å². The Morgan fingerprint density at radius 1 is 1.12 bits per heavy atom. The van der Waals surface area contributed by atoms with E-state index in [0.717, 1.165) is 11.8 Å². The van der Waals surface area contributed by atoms with Crippen LogP contribution in [0.5, 0.6) is 0 Å². The van der Waals surface area contributed by atoms with Crippen LogP contribution < -0.4 is 5.32 Å². The number of rotatable bonds is 4. The number of nitrogens with zero attached hydrogens (tertiary/aromatic N) is 1. The van der Waals surface area contributed by atoms with E-state index in [1.807, 2.05) is 11.8 Å². The van der Waals surface area contributed by atoms with E-state index in [0.29, 0.717) is 0 Å². The van der Waals surface area contributed by atoms with Crippen molar-refractivity contribution in [3.05, 3.63) is 30.3 Å². The van der Waals surface area contributed by atoms with Gasteiger partial charge in [0.1, 0.15) is 0 Å². The van der Waals surface area contributed by atoms with Crippen LogP contribution in [0.2, 0.25) is 0 Å². The molecule has 2 aliphatic heterocycles. The van der Waals surface area contributed by atoms with Gasteiger partial charge in [0.25, 0.3) is 0 Å². The summed E-state index contributed by atoms with van der Waals surface area (Å²) >= 11 is 1.98. The molecule has 3 rings (SSSR count). The minimum atomic E-state index is 0.928. The number of hydrogen-bond donors (Lipinski definition) is 1. The lowest BCUT2D eigenvalue weighted by atomic mass is 10.0. The van der Waals surface area contributed by atoms with Gasteiger partial charge in [0.15, 0.2) is 0 Å². The zero-order chi connectivity index (χ0) is 11.5. The lowest BCUT2D eigenvalue weighted by Gasteiger charge is -2.16. The third kappa shape index (κ3) is 2.84. The molecule has 2 unspecified atom stereocenters. The van der Waals surface area contributed by atoms with Gasteiger partial charge in [-0.3, -0.25) is 0 Å². The van der Waals surface area contributed by atoms with Crippen molar-refractivity contribution in [2.45, 2.75) is 4.90 Å². The summed E-state index contributed by atoms with van der Waals surface area (Å²) in [5.74, 6) is 3.07. The molecule has 3 heteroatoms. The first-order valence-electron chi connectivity index (χ1n) is 6.53. The molecule has 2 saturated heterocycles. The van der Waals surface area contributed by atoms with E-state index in [4.69, 9.17) is 0 Å². The summed E-state index contributed by atoms with van der Waals surface area (Å²) in [6.07, 6.45) is 0. The van der Waals surface area contributed by atoms with Crippen LogP contribution in [0.1, 0.15) is 0 Å². The monoisotopic (exact) mass is 248 g/mol. The smallest absolute Gasteiger partial charge is 0.0108 e. The van der Waals surface area contributed by atoms with Crippen LogP contribution in [0.15, 0.2) is 35.2 Å². The van der Waals surface area contributed by atoms with Crippen molar-refractivity contribution < 1.29 is 0 Å². The number of nitrogens with one attached hydrogen (secondary N) is 1. The maximum absolute atomic E-state index is 3.49. The predicted molar refractivity (Wildman–Crippen MR) is 73.5 cm³/mol. The molecule has 0 amide bonds. The summed E-state index contributed by atoms with van der Waals surface area (Å²) in [6.45, 7) is 6.35. The topological polar surface area (TPSA) is 15.3 Å². The maximum Gasteiger partial charge on any atom is 0.0108 e. The van der Waals surface area contributed by atoms with Gasteiger partial charge in [0.2, 0.25) is 0 Å². The lowest BCUT2D eigenvalue weighted by Crippen LogP contribution is -2.27. The molecular weight excluding hydrogens is 228 g/mol. The molecule has 2 fully saturated rings. The van der Waals surface area contributed by atoms with Gasteiger partial charge in [-0.05, 0) is 37.1 Å². The molecule has 0 saturated carbocycles. The molecule has 2 atom stereocenters. The normalized spacial score (nSPS) is 28.5. The predicted octanol–water partition coefficient (Wildman–Crippen LogP) is 1.93. The van der Waals surface area contributed by atoms with Crippen molar-refractivity contribution in [3.63, 3.8) is 0 Å². The molecular formula is C14H20N2S. The van der Waals surface area contributed by atoms with Gasteiger partial charge in [-0.15, -0.1) is 11.8 Å². The SMILES string of the molecule is c1ccc(SCCN2CC3CNCC3C2)cc1. The number of likely N-dealkylation sites (tertiary alicyclic amines) is 1. The minimum absolute atomic E-state index is 0.928. The summed E-state index contributed by atoms with van der Waals surface area (Å²) in [5, 5.41) is 3.49. The van der Waals surface area contributed by atoms with E-state index in [1.54, 1.807) is 0 Å². The highest BCUT2D eigenvalue weighted by atomic mass is 32.2. The minimum Gasteiger partial charge on any atom is -0.316 e. The Morgan fingerprint density at radius 2 is 1.82 bits per heavy atom. The van der Waals surface area contributed by atoms with Crippen molar-refractivity contribution in [2.24, 2.45) is 11.8 Å². The Bertz CT molecular complexity index is 342. The third-order valence-corrected chi connectivity index (χ3v) is 4.88. The van der Waals surface area contributed by atoms with Crippen LogP contribution in [-0.4, -0.2) is 43.4 Å². The van der Waals surface area contributed by atoms with E-state index in [2.05, 4.69) is 40.5 Å². The van der Waals surface area contributed by atoms with Crippen molar-refractivity contribution >= 4 is 11.8 Å². The van der Waals surface area contributed by atoms with Crippen LogP contribution >= 0.6 is 11.8 Å². The number of thioether (sulfide) groups is 1. The van der Waals surface area contributed by atoms with Crippen molar-refractivity contribution in [3.8, 4) is 0 Å². The van der Waals surface area contributed by atoms with Crippen LogP contribution in [0.3, 0.4) is 0 Å². The summed E-state index contributed by atoms with van der Waals surface area (Å²) in [7, 11) is 0. The summed E-state index contributed by atoms with van der Waals surface area (Å²) in [6, 6.07) is 10.7. The zero-order valence-corrected chi connectivity index (χ0v) is 11.0. The molecule has 17 heavy (non-hydrogen) atoms. The first-order valence-corrected chi connectivity index (χ1v) is 7.51. The van der Waals surface area contributed by atoms with Gasteiger partial charge in [-0.1, -0.05) is 18.2 Å². The van der Waals surface area contributed by atoms with E-state index in [9.17, 15) is 0 Å². The molecule has 2 aliphatic rings. The molecule has 0 aliphatic carbocycles. The Kier molecular flexibility index (Phi) is 3.69. The Morgan fingerprint density at radius 3 is 2.53 bits per heavy atom. The molecule has 0 aromatic heterocycles. The zero-order valence-electron chi connectivity index (χ0n) is 10.1. The molecule has 0 bridgehead atoms. The van der Waals surface area contributed by atoms with Gasteiger partial charge in [0.05, 0.1) is 0 Å². The van der Waals surface area contributed by atoms with Crippen LogP contribution in [0, 0.1) is 11.8 Å². The van der Waals surface area contributed by atoms with Crippen LogP contribution in [0.25, 0.3) is 0 Å². The molecule has 1 N–H and O–H groups in total. The average molecular weight is 248 g/mol. The number of fused-ring (bicyclic) bond motifs is 1. The van der Waals surface area contributed by atoms with Crippen molar-refractivity contribution in [1.82, 2.24) is 10.2 Å². The summed E-state index contributed by atoms with van der Waals surface area (Å²) < 4.78 is 0. The van der Waals surface area contributed by atoms with Gasteiger partial charge in [0, 0.05) is 30.3 Å². The van der Waals surface area contributed by atoms with Crippen molar-refractivity contribution in [1.29, 1.82) is 0 Å². The average Bonchev–Trinajstić information content (AvgIpc) is 2.91. The third-order valence-electron chi connectivity index (χ3n) is 3.88. The van der Waals surface area contributed by atoms with E-state index in [1.165, 1.54) is 43.4 Å². The lowest BCUT2D eigenvalue weighted by molar-refractivity contribution is 0.333. The fraction of sp³-hybridized carbons (Fsp3) is 0.571. The molecule has 0 radical (unpaired) electrons. The second-order valence-electron chi connectivity index (χ2n) is 5.10. The fourth-order valence-corrected chi connectivity index (χ4v) is 3.88. The highest BCUT2D eigenvalue weighted by molar-refractivity contribution is 7.99. The van der Waals surface area contributed by atoms with E-state index < -0.39 is 0 Å². The highest BCUT2D eigenvalue weighted by Crippen LogP contribution is 2.26. The van der Waals surface area contributed by atoms with Gasteiger partial charge in [-0.2, -0.15) is 0 Å². The molecule has 2 heterocycles. The second-order valence-corrected chi connectivity index (χ2v) is 6.27. The van der Waals surface area contributed by atoms with E-state index in [-0.39, 0.29) is 0 Å². The standard InChI is InChI=1S/C14H20N2S/c1-2-4-14(5-3-1)17-7-6-16-10-12-8-15-9-13(12)11-16/h1-5,12-13,15H,6-11H2. The molecule has 92 valence electrons. The first kappa shape index (κ1) is 11.6. The van der Waals surface area contributed by atoms with Crippen LogP contribution in [0.4, 0.5) is 0 Å². The van der Waals surface area contributed by atoms with Gasteiger partial charge in [-0.25, -0.2) is 0 Å². The largest absolute Gasteiger partial charge is 0.316 e. The Hall–Kier alpha value is -0.510. The summed E-state index contributed by atoms with van der Waals surface area (Å²) in [5.41, 5.74) is 0. The van der Waals surface area contributed by atoms with Crippen molar-refractivity contribution in [2.75, 3.05) is 38.5 Å². The molecule has 2 nitrogen and oxygen atoms in total. The second kappa shape index (κ2) is 5.42.